The maximum atomic E-state index is 12.8. The smallest absolute Gasteiger partial charge is 0.258 e. The van der Waals surface area contributed by atoms with E-state index in [1.54, 1.807) is 40.1 Å². The maximum Gasteiger partial charge on any atom is 0.258 e. The average molecular weight is 393 g/mol. The number of aryl methyl sites for hydroxylation is 1. The molecule has 0 saturated heterocycles. The third-order valence-electron chi connectivity index (χ3n) is 4.55. The number of carbonyl (C=O) groups is 2. The van der Waals surface area contributed by atoms with E-state index in [4.69, 9.17) is 0 Å². The summed E-state index contributed by atoms with van der Waals surface area (Å²) in [6, 6.07) is 15.0. The Labute approximate surface area is 166 Å². The minimum atomic E-state index is -0.138. The molecule has 28 heavy (non-hydrogen) atoms. The van der Waals surface area contributed by atoms with Crippen LogP contribution in [0.1, 0.15) is 15.9 Å². The summed E-state index contributed by atoms with van der Waals surface area (Å²) in [4.78, 5) is 26.8. The van der Waals surface area contributed by atoms with Gasteiger partial charge in [0.25, 0.3) is 5.91 Å². The number of nitrogens with one attached hydrogen (secondary N) is 1. The second kappa shape index (κ2) is 7.85. The van der Waals surface area contributed by atoms with Crippen molar-refractivity contribution in [1.29, 1.82) is 0 Å². The molecule has 0 saturated carbocycles. The van der Waals surface area contributed by atoms with E-state index in [9.17, 15) is 9.59 Å². The van der Waals surface area contributed by atoms with Crippen LogP contribution in [-0.2, 0) is 18.3 Å². The predicted octanol–water partition coefficient (Wildman–Crippen LogP) is 2.75. The Hall–Kier alpha value is -3.13. The topological polar surface area (TPSA) is 80.1 Å². The van der Waals surface area contributed by atoms with Gasteiger partial charge in [-0.25, -0.2) is 0 Å². The SMILES string of the molecule is Cn1cnnc1SCC(=O)Nc1ccc(C(=O)N2CCc3ccccc32)cc1. The van der Waals surface area contributed by atoms with Crippen LogP contribution in [0.4, 0.5) is 11.4 Å². The molecule has 4 rings (SSSR count). The van der Waals surface area contributed by atoms with E-state index in [1.807, 2.05) is 25.2 Å². The van der Waals surface area contributed by atoms with Crippen molar-refractivity contribution in [2.24, 2.45) is 7.05 Å². The molecule has 2 heterocycles. The molecular weight excluding hydrogens is 374 g/mol. The van der Waals surface area contributed by atoms with Crippen LogP contribution >= 0.6 is 11.8 Å². The van der Waals surface area contributed by atoms with Gasteiger partial charge >= 0.3 is 0 Å². The van der Waals surface area contributed by atoms with Crippen LogP contribution < -0.4 is 10.2 Å². The van der Waals surface area contributed by atoms with Gasteiger partial charge in [0, 0.05) is 30.5 Å². The maximum absolute atomic E-state index is 12.8. The molecule has 0 unspecified atom stereocenters. The first-order valence-corrected chi connectivity index (χ1v) is 9.87. The summed E-state index contributed by atoms with van der Waals surface area (Å²) in [5.41, 5.74) is 3.43. The molecule has 0 fully saturated rings. The lowest BCUT2D eigenvalue weighted by Crippen LogP contribution is -2.28. The van der Waals surface area contributed by atoms with Gasteiger partial charge in [-0.2, -0.15) is 0 Å². The second-order valence-electron chi connectivity index (χ2n) is 6.47. The number of anilines is 2. The van der Waals surface area contributed by atoms with Crippen molar-refractivity contribution in [2.75, 3.05) is 22.5 Å². The van der Waals surface area contributed by atoms with Crippen molar-refractivity contribution in [3.63, 3.8) is 0 Å². The Morgan fingerprint density at radius 3 is 2.68 bits per heavy atom. The highest BCUT2D eigenvalue weighted by atomic mass is 32.2. The number of rotatable bonds is 5. The van der Waals surface area contributed by atoms with Gasteiger partial charge in [0.1, 0.15) is 6.33 Å². The molecule has 2 aromatic carbocycles. The zero-order chi connectivity index (χ0) is 19.5. The molecule has 1 aliphatic rings. The average Bonchev–Trinajstić information content (AvgIpc) is 3.32. The Morgan fingerprint density at radius 2 is 1.93 bits per heavy atom. The lowest BCUT2D eigenvalue weighted by Gasteiger charge is -2.17. The molecule has 0 spiro atoms. The molecule has 1 aliphatic heterocycles. The summed E-state index contributed by atoms with van der Waals surface area (Å²) >= 11 is 1.32. The van der Waals surface area contributed by atoms with Gasteiger partial charge in [-0.15, -0.1) is 10.2 Å². The normalized spacial score (nSPS) is 12.7. The molecule has 1 aromatic heterocycles. The van der Waals surface area contributed by atoms with Crippen molar-refractivity contribution >= 4 is 35.0 Å². The summed E-state index contributed by atoms with van der Waals surface area (Å²) in [7, 11) is 1.83. The van der Waals surface area contributed by atoms with Crippen LogP contribution in [0.5, 0.6) is 0 Å². The van der Waals surface area contributed by atoms with Crippen LogP contribution in [0.2, 0.25) is 0 Å². The third kappa shape index (κ3) is 3.77. The molecule has 0 aliphatic carbocycles. The first-order valence-electron chi connectivity index (χ1n) is 8.88. The van der Waals surface area contributed by atoms with Gasteiger partial charge in [0.05, 0.1) is 5.75 Å². The second-order valence-corrected chi connectivity index (χ2v) is 7.42. The van der Waals surface area contributed by atoms with Crippen LogP contribution in [0.3, 0.4) is 0 Å². The largest absolute Gasteiger partial charge is 0.325 e. The van der Waals surface area contributed by atoms with E-state index in [1.165, 1.54) is 17.3 Å². The third-order valence-corrected chi connectivity index (χ3v) is 5.58. The minimum absolute atomic E-state index is 0.0272. The van der Waals surface area contributed by atoms with Crippen molar-refractivity contribution in [2.45, 2.75) is 11.6 Å². The fourth-order valence-electron chi connectivity index (χ4n) is 3.13. The number of hydrogen-bond donors (Lipinski definition) is 1. The molecule has 0 radical (unpaired) electrons. The Kier molecular flexibility index (Phi) is 5.12. The number of amides is 2. The summed E-state index contributed by atoms with van der Waals surface area (Å²) in [5.74, 6) is 0.0684. The number of hydrogen-bond acceptors (Lipinski definition) is 5. The van der Waals surface area contributed by atoms with Gasteiger partial charge in [-0.05, 0) is 42.3 Å². The first-order chi connectivity index (χ1) is 13.6. The Morgan fingerprint density at radius 1 is 1.14 bits per heavy atom. The Balaban J connectivity index is 1.37. The van der Waals surface area contributed by atoms with Crippen molar-refractivity contribution in [3.05, 3.63) is 66.0 Å². The number of benzene rings is 2. The van der Waals surface area contributed by atoms with Gasteiger partial charge in [0.2, 0.25) is 5.91 Å². The summed E-state index contributed by atoms with van der Waals surface area (Å²) in [5, 5.41) is 11.2. The molecule has 3 aromatic rings. The molecule has 0 bridgehead atoms. The number of fused-ring (bicyclic) bond motifs is 1. The zero-order valence-corrected chi connectivity index (χ0v) is 16.1. The number of aromatic nitrogens is 3. The van der Waals surface area contributed by atoms with Crippen molar-refractivity contribution in [3.8, 4) is 0 Å². The summed E-state index contributed by atoms with van der Waals surface area (Å²) < 4.78 is 1.76. The lowest BCUT2D eigenvalue weighted by atomic mass is 10.1. The fourth-order valence-corrected chi connectivity index (χ4v) is 3.82. The first kappa shape index (κ1) is 18.2. The highest BCUT2D eigenvalue weighted by Crippen LogP contribution is 2.29. The highest BCUT2D eigenvalue weighted by Gasteiger charge is 2.25. The van der Waals surface area contributed by atoms with E-state index >= 15 is 0 Å². The van der Waals surface area contributed by atoms with E-state index in [-0.39, 0.29) is 17.6 Å². The number of nitrogens with zero attached hydrogens (tertiary/aromatic N) is 4. The van der Waals surface area contributed by atoms with E-state index in [0.717, 1.165) is 12.1 Å². The lowest BCUT2D eigenvalue weighted by molar-refractivity contribution is -0.113. The number of carbonyl (C=O) groups excluding carboxylic acids is 2. The van der Waals surface area contributed by atoms with Gasteiger partial charge in [-0.1, -0.05) is 30.0 Å². The molecule has 142 valence electrons. The number of thioether (sulfide) groups is 1. The van der Waals surface area contributed by atoms with Gasteiger partial charge in [-0.3, -0.25) is 9.59 Å². The molecule has 1 N–H and O–H groups in total. The monoisotopic (exact) mass is 393 g/mol. The molecule has 0 atom stereocenters. The minimum Gasteiger partial charge on any atom is -0.325 e. The highest BCUT2D eigenvalue weighted by molar-refractivity contribution is 7.99. The van der Waals surface area contributed by atoms with Crippen LogP contribution in [0, 0.1) is 0 Å². The van der Waals surface area contributed by atoms with Crippen LogP contribution in [-0.4, -0.2) is 38.9 Å². The predicted molar refractivity (Wildman–Crippen MR) is 109 cm³/mol. The summed E-state index contributed by atoms with van der Waals surface area (Å²) in [6.07, 6.45) is 2.47. The molecular formula is C20H19N5O2S. The van der Waals surface area contributed by atoms with E-state index in [2.05, 4.69) is 21.6 Å². The quantitative estimate of drug-likeness (QED) is 0.674. The standard InChI is InChI=1S/C20H19N5O2S/c1-24-13-21-23-20(24)28-12-18(26)22-16-8-6-15(7-9-16)19(27)25-11-10-14-4-2-3-5-17(14)25/h2-9,13H,10-12H2,1H3,(H,22,26). The Bertz CT molecular complexity index is 1020. The summed E-state index contributed by atoms with van der Waals surface area (Å²) in [6.45, 7) is 0.690. The molecule has 2 amide bonds. The fraction of sp³-hybridized carbons (Fsp3) is 0.200. The van der Waals surface area contributed by atoms with Gasteiger partial charge in [0.15, 0.2) is 5.16 Å². The number of para-hydroxylation sites is 1. The van der Waals surface area contributed by atoms with Crippen molar-refractivity contribution in [1.82, 2.24) is 14.8 Å². The molecule has 8 heteroatoms. The van der Waals surface area contributed by atoms with Crippen molar-refractivity contribution < 1.29 is 9.59 Å². The van der Waals surface area contributed by atoms with Crippen LogP contribution in [0.25, 0.3) is 0 Å². The zero-order valence-electron chi connectivity index (χ0n) is 15.3. The van der Waals surface area contributed by atoms with Crippen LogP contribution in [0.15, 0.2) is 60.0 Å². The molecule has 7 nitrogen and oxygen atoms in total. The van der Waals surface area contributed by atoms with E-state index in [0.29, 0.717) is 23.0 Å². The van der Waals surface area contributed by atoms with Gasteiger partial charge < -0.3 is 14.8 Å². The van der Waals surface area contributed by atoms with E-state index < -0.39 is 0 Å².